The molecule has 0 aromatic heterocycles. The van der Waals surface area contributed by atoms with Gasteiger partial charge in [-0.2, -0.15) is 0 Å². The summed E-state index contributed by atoms with van der Waals surface area (Å²) in [5.41, 5.74) is -0.235. The third-order valence-corrected chi connectivity index (χ3v) is 6.14. The lowest BCUT2D eigenvalue weighted by atomic mass is 9.72. The molecule has 2 saturated carbocycles. The molecule has 19 heavy (non-hydrogen) atoms. The first kappa shape index (κ1) is 13.9. The maximum absolute atomic E-state index is 11.2. The Bertz CT molecular complexity index is 308. The van der Waals surface area contributed by atoms with E-state index in [9.17, 15) is 5.11 Å². The van der Waals surface area contributed by atoms with Crippen molar-refractivity contribution in [3.05, 3.63) is 0 Å². The molecule has 0 aromatic rings. The second-order valence-corrected chi connectivity index (χ2v) is 7.57. The van der Waals surface area contributed by atoms with Gasteiger partial charge in [-0.05, 0) is 56.8 Å². The molecule has 0 amide bonds. The highest BCUT2D eigenvalue weighted by Crippen LogP contribution is 2.48. The fraction of sp³-hybridized carbons (Fsp3) is 1.00. The summed E-state index contributed by atoms with van der Waals surface area (Å²) in [6, 6.07) is 0. The number of ether oxygens (including phenoxy) is 1. The first-order chi connectivity index (χ1) is 9.12. The van der Waals surface area contributed by atoms with Crippen molar-refractivity contribution in [1.29, 1.82) is 0 Å². The molecule has 0 radical (unpaired) electrons. The Kier molecular flexibility index (Phi) is 3.92. The van der Waals surface area contributed by atoms with Crippen LogP contribution in [-0.4, -0.2) is 22.9 Å². The van der Waals surface area contributed by atoms with Gasteiger partial charge in [-0.1, -0.05) is 32.6 Å². The maximum Gasteiger partial charge on any atom is 0.0686 e. The molecule has 2 nitrogen and oxygen atoms in total. The van der Waals surface area contributed by atoms with Crippen LogP contribution in [0.2, 0.25) is 0 Å². The number of hydrogen-bond acceptors (Lipinski definition) is 2. The van der Waals surface area contributed by atoms with Crippen LogP contribution in [0.25, 0.3) is 0 Å². The average Bonchev–Trinajstić information content (AvgIpc) is 2.76. The quantitative estimate of drug-likeness (QED) is 0.725. The van der Waals surface area contributed by atoms with Crippen LogP contribution in [0.4, 0.5) is 0 Å². The summed E-state index contributed by atoms with van der Waals surface area (Å²) < 4.78 is 6.13. The highest BCUT2D eigenvalue weighted by molar-refractivity contribution is 4.98. The van der Waals surface area contributed by atoms with Gasteiger partial charge in [0.05, 0.1) is 11.2 Å². The maximum atomic E-state index is 11.2. The predicted octanol–water partition coefficient (Wildman–Crippen LogP) is 4.06. The van der Waals surface area contributed by atoms with Gasteiger partial charge in [0.1, 0.15) is 0 Å². The lowest BCUT2D eigenvalue weighted by molar-refractivity contribution is -0.144. The highest BCUT2D eigenvalue weighted by atomic mass is 16.5. The third kappa shape index (κ3) is 2.85. The second-order valence-electron chi connectivity index (χ2n) is 7.57. The lowest BCUT2D eigenvalue weighted by Crippen LogP contribution is -2.47. The van der Waals surface area contributed by atoms with Gasteiger partial charge in [-0.3, -0.25) is 0 Å². The van der Waals surface area contributed by atoms with Crippen LogP contribution in [0.5, 0.6) is 0 Å². The van der Waals surface area contributed by atoms with E-state index in [-0.39, 0.29) is 11.2 Å². The predicted molar refractivity (Wildman–Crippen MR) is 77.1 cm³/mol. The van der Waals surface area contributed by atoms with Crippen molar-refractivity contribution in [2.45, 2.75) is 88.8 Å². The highest BCUT2D eigenvalue weighted by Gasteiger charge is 2.47. The van der Waals surface area contributed by atoms with Gasteiger partial charge in [-0.25, -0.2) is 0 Å². The Hall–Kier alpha value is -0.0800. The molecular formula is C17H30O2. The van der Waals surface area contributed by atoms with E-state index in [0.29, 0.717) is 5.92 Å². The molecule has 3 unspecified atom stereocenters. The van der Waals surface area contributed by atoms with E-state index in [0.717, 1.165) is 38.2 Å². The van der Waals surface area contributed by atoms with E-state index in [1.54, 1.807) is 0 Å². The van der Waals surface area contributed by atoms with Crippen LogP contribution in [0.1, 0.15) is 77.6 Å². The number of aliphatic hydroxyl groups is 1. The summed E-state index contributed by atoms with van der Waals surface area (Å²) in [7, 11) is 0. The largest absolute Gasteiger partial charge is 0.390 e. The zero-order valence-electron chi connectivity index (χ0n) is 12.5. The first-order valence-corrected chi connectivity index (χ1v) is 8.48. The molecule has 2 heteroatoms. The van der Waals surface area contributed by atoms with Crippen LogP contribution in [0.3, 0.4) is 0 Å². The van der Waals surface area contributed by atoms with Gasteiger partial charge in [0, 0.05) is 6.61 Å². The lowest BCUT2D eigenvalue weighted by Gasteiger charge is -2.45. The fourth-order valence-electron chi connectivity index (χ4n) is 4.78. The molecule has 0 aromatic carbocycles. The second kappa shape index (κ2) is 5.37. The molecule has 1 saturated heterocycles. The zero-order chi connectivity index (χ0) is 13.3. The molecule has 1 aliphatic heterocycles. The van der Waals surface area contributed by atoms with Gasteiger partial charge >= 0.3 is 0 Å². The van der Waals surface area contributed by atoms with Gasteiger partial charge in [0.25, 0.3) is 0 Å². The van der Waals surface area contributed by atoms with Crippen molar-refractivity contribution in [3.63, 3.8) is 0 Å². The zero-order valence-corrected chi connectivity index (χ0v) is 12.5. The molecule has 1 N–H and O–H groups in total. The number of hydrogen-bond donors (Lipinski definition) is 1. The van der Waals surface area contributed by atoms with Crippen molar-refractivity contribution in [2.24, 2.45) is 11.8 Å². The summed E-state index contributed by atoms with van der Waals surface area (Å²) in [6.07, 6.45) is 13.1. The number of rotatable bonds is 1. The molecule has 3 atom stereocenters. The SMILES string of the molecule is CC1CCCC(O)(C2CCOC3(CCCC3)C2)CC1. The van der Waals surface area contributed by atoms with Crippen LogP contribution >= 0.6 is 0 Å². The summed E-state index contributed by atoms with van der Waals surface area (Å²) in [5, 5.41) is 11.2. The molecule has 3 fully saturated rings. The van der Waals surface area contributed by atoms with E-state index in [2.05, 4.69) is 6.92 Å². The standard InChI is InChI=1S/C17H30O2/c1-14-5-4-10-17(18,11-6-14)15-7-12-19-16(13-15)8-2-3-9-16/h14-15,18H,2-13H2,1H3. The Labute approximate surface area is 117 Å². The summed E-state index contributed by atoms with van der Waals surface area (Å²) in [6.45, 7) is 3.22. The Balaban J connectivity index is 1.69. The summed E-state index contributed by atoms with van der Waals surface area (Å²) >= 11 is 0. The van der Waals surface area contributed by atoms with Crippen molar-refractivity contribution in [3.8, 4) is 0 Å². The Morgan fingerprint density at radius 2 is 1.74 bits per heavy atom. The van der Waals surface area contributed by atoms with Crippen LogP contribution in [0.15, 0.2) is 0 Å². The molecule has 2 aliphatic carbocycles. The van der Waals surface area contributed by atoms with E-state index >= 15 is 0 Å². The van der Waals surface area contributed by atoms with E-state index in [1.807, 2.05) is 0 Å². The van der Waals surface area contributed by atoms with Gasteiger partial charge in [0.2, 0.25) is 0 Å². The van der Waals surface area contributed by atoms with E-state index in [4.69, 9.17) is 4.74 Å². The van der Waals surface area contributed by atoms with Crippen molar-refractivity contribution < 1.29 is 9.84 Å². The minimum absolute atomic E-state index is 0.149. The minimum atomic E-state index is -0.385. The van der Waals surface area contributed by atoms with Crippen molar-refractivity contribution >= 4 is 0 Å². The van der Waals surface area contributed by atoms with Crippen molar-refractivity contribution in [2.75, 3.05) is 6.61 Å². The molecular weight excluding hydrogens is 236 g/mol. The van der Waals surface area contributed by atoms with Gasteiger partial charge < -0.3 is 9.84 Å². The smallest absolute Gasteiger partial charge is 0.0686 e. The van der Waals surface area contributed by atoms with Crippen LogP contribution < -0.4 is 0 Å². The van der Waals surface area contributed by atoms with Crippen LogP contribution in [-0.2, 0) is 4.74 Å². The van der Waals surface area contributed by atoms with Gasteiger partial charge in [-0.15, -0.1) is 0 Å². The average molecular weight is 266 g/mol. The fourth-order valence-corrected chi connectivity index (χ4v) is 4.78. The molecule has 3 aliphatic rings. The van der Waals surface area contributed by atoms with Crippen molar-refractivity contribution in [1.82, 2.24) is 0 Å². The summed E-state index contributed by atoms with van der Waals surface area (Å²) in [4.78, 5) is 0. The van der Waals surface area contributed by atoms with Crippen LogP contribution in [0, 0.1) is 11.8 Å². The molecule has 1 spiro atoms. The molecule has 3 rings (SSSR count). The first-order valence-electron chi connectivity index (χ1n) is 8.48. The minimum Gasteiger partial charge on any atom is -0.390 e. The summed E-state index contributed by atoms with van der Waals surface area (Å²) in [5.74, 6) is 1.29. The monoisotopic (exact) mass is 266 g/mol. The Morgan fingerprint density at radius 1 is 0.947 bits per heavy atom. The molecule has 1 heterocycles. The van der Waals surface area contributed by atoms with Gasteiger partial charge in [0.15, 0.2) is 0 Å². The molecule has 0 bridgehead atoms. The molecule has 110 valence electrons. The van der Waals surface area contributed by atoms with E-state index < -0.39 is 0 Å². The third-order valence-electron chi connectivity index (χ3n) is 6.14. The normalized spacial score (nSPS) is 43.3. The van der Waals surface area contributed by atoms with E-state index in [1.165, 1.54) is 44.9 Å². The Morgan fingerprint density at radius 3 is 2.53 bits per heavy atom. The topological polar surface area (TPSA) is 29.5 Å².